The smallest absolute Gasteiger partial charge is 0.302 e. The predicted octanol–water partition coefficient (Wildman–Crippen LogP) is 5.35. The summed E-state index contributed by atoms with van der Waals surface area (Å²) in [6.07, 6.45) is 11.9. The second-order valence-corrected chi connectivity index (χ2v) is 10.2. The summed E-state index contributed by atoms with van der Waals surface area (Å²) in [5.74, 6) is 2.81. The SMILES string of the molecule is CC(=O)OC1CCC2(C)C3CCC4(C)C(/C(C)=N/O)=CCC4C3CC[C@H]2C1. The lowest BCUT2D eigenvalue weighted by molar-refractivity contribution is -0.158. The van der Waals surface area contributed by atoms with Gasteiger partial charge in [-0.15, -0.1) is 0 Å². The second-order valence-electron chi connectivity index (χ2n) is 10.2. The molecule has 0 amide bonds. The molecular weight excluding hydrogens is 338 g/mol. The van der Waals surface area contributed by atoms with Crippen molar-refractivity contribution < 1.29 is 14.7 Å². The molecule has 4 nitrogen and oxygen atoms in total. The first-order chi connectivity index (χ1) is 12.8. The minimum absolute atomic E-state index is 0.129. The van der Waals surface area contributed by atoms with Gasteiger partial charge < -0.3 is 9.94 Å². The van der Waals surface area contributed by atoms with Crippen LogP contribution in [0, 0.1) is 34.5 Å². The lowest BCUT2D eigenvalue weighted by Crippen LogP contribution is -2.54. The van der Waals surface area contributed by atoms with Crippen LogP contribution < -0.4 is 0 Å². The highest BCUT2D eigenvalue weighted by molar-refractivity contribution is 5.99. The number of carbonyl (C=O) groups is 1. The topological polar surface area (TPSA) is 58.9 Å². The Morgan fingerprint density at radius 1 is 1.15 bits per heavy atom. The number of nitrogens with zero attached hydrogens (tertiary/aromatic N) is 1. The lowest BCUT2D eigenvalue weighted by atomic mass is 9.44. The van der Waals surface area contributed by atoms with Gasteiger partial charge in [0.25, 0.3) is 0 Å². The van der Waals surface area contributed by atoms with Gasteiger partial charge in [-0.05, 0) is 98.4 Å². The third-order valence-electron chi connectivity index (χ3n) is 9.07. The van der Waals surface area contributed by atoms with Crippen LogP contribution in [-0.4, -0.2) is 23.0 Å². The quantitative estimate of drug-likeness (QED) is 0.307. The van der Waals surface area contributed by atoms with E-state index in [2.05, 4.69) is 25.1 Å². The number of ether oxygens (including phenoxy) is 1. The molecule has 4 aliphatic rings. The zero-order valence-electron chi connectivity index (χ0n) is 17.3. The second kappa shape index (κ2) is 6.63. The summed E-state index contributed by atoms with van der Waals surface area (Å²) in [5, 5.41) is 12.9. The molecule has 0 heterocycles. The Bertz CT molecular complexity index is 683. The molecule has 4 aliphatic carbocycles. The largest absolute Gasteiger partial charge is 0.463 e. The minimum atomic E-state index is -0.129. The van der Waals surface area contributed by atoms with Gasteiger partial charge in [0.15, 0.2) is 0 Å². The highest BCUT2D eigenvalue weighted by atomic mass is 16.5. The van der Waals surface area contributed by atoms with E-state index in [-0.39, 0.29) is 17.5 Å². The standard InChI is InChI=1S/C23H35NO3/c1-14(24-26)19-7-8-20-18-6-5-16-13-17(27-15(2)25)9-11-22(16,3)21(18)10-12-23(19,20)4/h7,16-18,20-21,26H,5-6,8-13H2,1-4H3/b24-14+/t16-,17?,18?,20?,21?,22?,23?/m0/s1. The van der Waals surface area contributed by atoms with Crippen LogP contribution in [0.2, 0.25) is 0 Å². The van der Waals surface area contributed by atoms with Crippen LogP contribution in [0.3, 0.4) is 0 Å². The van der Waals surface area contributed by atoms with Gasteiger partial charge in [-0.3, -0.25) is 4.79 Å². The zero-order valence-corrected chi connectivity index (χ0v) is 17.3. The van der Waals surface area contributed by atoms with Gasteiger partial charge in [0, 0.05) is 6.92 Å². The fourth-order valence-electron chi connectivity index (χ4n) is 7.74. The van der Waals surface area contributed by atoms with Gasteiger partial charge in [0.1, 0.15) is 6.10 Å². The molecular formula is C23H35NO3. The van der Waals surface area contributed by atoms with Crippen molar-refractivity contribution in [2.24, 2.45) is 39.7 Å². The third-order valence-corrected chi connectivity index (χ3v) is 9.07. The van der Waals surface area contributed by atoms with Gasteiger partial charge in [0.05, 0.1) is 5.71 Å². The van der Waals surface area contributed by atoms with E-state index in [0.717, 1.165) is 36.8 Å². The maximum Gasteiger partial charge on any atom is 0.302 e. The number of allylic oxidation sites excluding steroid dienone is 2. The molecule has 1 N–H and O–H groups in total. The molecule has 7 atom stereocenters. The first-order valence-corrected chi connectivity index (χ1v) is 10.9. The van der Waals surface area contributed by atoms with Crippen LogP contribution in [0.4, 0.5) is 0 Å². The van der Waals surface area contributed by atoms with Gasteiger partial charge >= 0.3 is 5.97 Å². The maximum absolute atomic E-state index is 11.4. The van der Waals surface area contributed by atoms with Crippen molar-refractivity contribution in [1.29, 1.82) is 0 Å². The van der Waals surface area contributed by atoms with Crippen LogP contribution >= 0.6 is 0 Å². The number of hydrogen-bond donors (Lipinski definition) is 1. The molecule has 6 unspecified atom stereocenters. The van der Waals surface area contributed by atoms with Crippen molar-refractivity contribution in [2.75, 3.05) is 0 Å². The van der Waals surface area contributed by atoms with E-state index in [9.17, 15) is 10.0 Å². The summed E-state index contributed by atoms with van der Waals surface area (Å²) in [5.41, 5.74) is 2.67. The van der Waals surface area contributed by atoms with Crippen molar-refractivity contribution in [3.05, 3.63) is 11.6 Å². The normalized spacial score (nSPS) is 46.7. The van der Waals surface area contributed by atoms with Gasteiger partial charge in [0.2, 0.25) is 0 Å². The van der Waals surface area contributed by atoms with Crippen LogP contribution in [0.25, 0.3) is 0 Å². The minimum Gasteiger partial charge on any atom is -0.463 e. The molecule has 150 valence electrons. The van der Waals surface area contributed by atoms with Gasteiger partial charge in [-0.2, -0.15) is 0 Å². The van der Waals surface area contributed by atoms with Crippen LogP contribution in [0.5, 0.6) is 0 Å². The summed E-state index contributed by atoms with van der Waals surface area (Å²) < 4.78 is 5.58. The average molecular weight is 374 g/mol. The molecule has 0 aromatic rings. The number of esters is 1. The molecule has 0 spiro atoms. The molecule has 3 fully saturated rings. The van der Waals surface area contributed by atoms with E-state index >= 15 is 0 Å². The van der Waals surface area contributed by atoms with Crippen molar-refractivity contribution in [3.8, 4) is 0 Å². The van der Waals surface area contributed by atoms with Crippen LogP contribution in [-0.2, 0) is 9.53 Å². The predicted molar refractivity (Wildman–Crippen MR) is 106 cm³/mol. The Hall–Kier alpha value is -1.32. The molecule has 0 saturated heterocycles. The molecule has 4 heteroatoms. The van der Waals surface area contributed by atoms with Gasteiger partial charge in [-0.25, -0.2) is 0 Å². The maximum atomic E-state index is 11.4. The van der Waals surface area contributed by atoms with Crippen molar-refractivity contribution in [3.63, 3.8) is 0 Å². The number of rotatable bonds is 2. The fourth-order valence-corrected chi connectivity index (χ4v) is 7.74. The molecule has 0 aromatic carbocycles. The van der Waals surface area contributed by atoms with E-state index < -0.39 is 0 Å². The van der Waals surface area contributed by atoms with E-state index in [1.165, 1.54) is 44.6 Å². The van der Waals surface area contributed by atoms with Crippen LogP contribution in [0.1, 0.15) is 79.1 Å². The van der Waals surface area contributed by atoms with E-state index in [1.807, 2.05) is 6.92 Å². The summed E-state index contributed by atoms with van der Waals surface area (Å²) in [7, 11) is 0. The number of fused-ring (bicyclic) bond motifs is 5. The number of carbonyl (C=O) groups excluding carboxylic acids is 1. The Balaban J connectivity index is 1.54. The number of oxime groups is 1. The summed E-state index contributed by atoms with van der Waals surface area (Å²) in [4.78, 5) is 11.4. The Morgan fingerprint density at radius 2 is 1.93 bits per heavy atom. The molecule has 0 aliphatic heterocycles. The molecule has 3 saturated carbocycles. The highest BCUT2D eigenvalue weighted by Gasteiger charge is 2.59. The van der Waals surface area contributed by atoms with Gasteiger partial charge in [-0.1, -0.05) is 25.1 Å². The molecule has 4 rings (SSSR count). The molecule has 0 aromatic heterocycles. The first-order valence-electron chi connectivity index (χ1n) is 10.9. The fraction of sp³-hybridized carbons (Fsp3) is 0.826. The lowest BCUT2D eigenvalue weighted by Gasteiger charge is -2.60. The average Bonchev–Trinajstić information content (AvgIpc) is 2.98. The summed E-state index contributed by atoms with van der Waals surface area (Å²) >= 11 is 0. The Labute approximate surface area is 163 Å². The summed E-state index contributed by atoms with van der Waals surface area (Å²) in [6, 6.07) is 0. The summed E-state index contributed by atoms with van der Waals surface area (Å²) in [6.45, 7) is 8.42. The molecule has 0 radical (unpaired) electrons. The highest BCUT2D eigenvalue weighted by Crippen LogP contribution is 2.66. The van der Waals surface area contributed by atoms with E-state index in [1.54, 1.807) is 0 Å². The first kappa shape index (κ1) is 19.0. The van der Waals surface area contributed by atoms with Crippen molar-refractivity contribution >= 4 is 11.7 Å². The van der Waals surface area contributed by atoms with E-state index in [0.29, 0.717) is 17.3 Å². The Kier molecular flexibility index (Phi) is 4.67. The molecule has 0 bridgehead atoms. The van der Waals surface area contributed by atoms with Crippen molar-refractivity contribution in [2.45, 2.75) is 85.2 Å². The van der Waals surface area contributed by atoms with Crippen molar-refractivity contribution in [1.82, 2.24) is 0 Å². The van der Waals surface area contributed by atoms with Crippen LogP contribution in [0.15, 0.2) is 16.8 Å². The molecule has 27 heavy (non-hydrogen) atoms. The zero-order chi connectivity index (χ0) is 19.4. The third kappa shape index (κ3) is 2.86. The van der Waals surface area contributed by atoms with E-state index in [4.69, 9.17) is 4.74 Å². The number of hydrogen-bond acceptors (Lipinski definition) is 4. The Morgan fingerprint density at radius 3 is 2.63 bits per heavy atom. The monoisotopic (exact) mass is 373 g/mol.